The van der Waals surface area contributed by atoms with E-state index in [0.717, 1.165) is 0 Å². The van der Waals surface area contributed by atoms with Crippen molar-refractivity contribution in [3.63, 3.8) is 0 Å². The van der Waals surface area contributed by atoms with Gasteiger partial charge in [-0.25, -0.2) is 4.99 Å². The Hall–Kier alpha value is -2.64. The summed E-state index contributed by atoms with van der Waals surface area (Å²) in [5.41, 5.74) is 1.34. The molecule has 1 amide bonds. The molecule has 0 saturated carbocycles. The largest absolute Gasteiger partial charge is 0.502 e. The summed E-state index contributed by atoms with van der Waals surface area (Å²) in [7, 11) is 2.89. The van der Waals surface area contributed by atoms with Gasteiger partial charge in [-0.1, -0.05) is 11.6 Å². The number of amidine groups is 1. The number of ether oxygens (including phenoxy) is 2. The zero-order valence-corrected chi connectivity index (χ0v) is 15.5. The van der Waals surface area contributed by atoms with Gasteiger partial charge in [0.25, 0.3) is 5.91 Å². The molecule has 2 N–H and O–H groups in total. The highest BCUT2D eigenvalue weighted by atomic mass is 35.5. The van der Waals surface area contributed by atoms with E-state index >= 15 is 0 Å². The minimum Gasteiger partial charge on any atom is -0.502 e. The maximum atomic E-state index is 12.2. The number of hydrogen-bond donors (Lipinski definition) is 2. The highest BCUT2D eigenvalue weighted by molar-refractivity contribution is 8.18. The second-order valence-corrected chi connectivity index (χ2v) is 6.70. The molecule has 0 radical (unpaired) electrons. The number of carbonyl (C=O) groups is 1. The average Bonchev–Trinajstić information content (AvgIpc) is 2.97. The van der Waals surface area contributed by atoms with E-state index in [1.54, 1.807) is 42.5 Å². The maximum absolute atomic E-state index is 12.2. The zero-order chi connectivity index (χ0) is 18.7. The third-order valence-electron chi connectivity index (χ3n) is 3.51. The lowest BCUT2D eigenvalue weighted by molar-refractivity contribution is -0.115. The number of thioether (sulfide) groups is 1. The number of benzene rings is 2. The quantitative estimate of drug-likeness (QED) is 0.772. The molecule has 2 aromatic rings. The molecule has 6 nitrogen and oxygen atoms in total. The summed E-state index contributed by atoms with van der Waals surface area (Å²) < 4.78 is 10.3. The van der Waals surface area contributed by atoms with Gasteiger partial charge in [-0.15, -0.1) is 0 Å². The molecular formula is C18H15ClN2O4S. The lowest BCUT2D eigenvalue weighted by atomic mass is 10.1. The minimum absolute atomic E-state index is 0.0920. The van der Waals surface area contributed by atoms with E-state index in [4.69, 9.17) is 21.1 Å². The highest BCUT2D eigenvalue weighted by Gasteiger charge is 2.24. The molecule has 1 fully saturated rings. The molecule has 0 aromatic heterocycles. The summed E-state index contributed by atoms with van der Waals surface area (Å²) in [4.78, 5) is 17.0. The number of carbonyl (C=O) groups excluding carboxylic acids is 1. The van der Waals surface area contributed by atoms with Gasteiger partial charge in [-0.3, -0.25) is 4.79 Å². The van der Waals surface area contributed by atoms with Crippen LogP contribution in [0.1, 0.15) is 5.56 Å². The minimum atomic E-state index is -0.256. The lowest BCUT2D eigenvalue weighted by Gasteiger charge is -2.09. The molecular weight excluding hydrogens is 376 g/mol. The van der Waals surface area contributed by atoms with Crippen LogP contribution < -0.4 is 14.8 Å². The van der Waals surface area contributed by atoms with Crippen LogP contribution in [-0.2, 0) is 4.79 Å². The van der Waals surface area contributed by atoms with Crippen molar-refractivity contribution in [2.24, 2.45) is 4.99 Å². The van der Waals surface area contributed by atoms with Gasteiger partial charge in [-0.05, 0) is 59.8 Å². The van der Waals surface area contributed by atoms with Gasteiger partial charge in [0.2, 0.25) is 5.75 Å². The number of amides is 1. The first-order valence-corrected chi connectivity index (χ1v) is 8.69. The Bertz CT molecular complexity index is 885. The zero-order valence-electron chi connectivity index (χ0n) is 13.9. The number of phenolic OH excluding ortho intramolecular Hbond substituents is 1. The van der Waals surface area contributed by atoms with Crippen LogP contribution >= 0.6 is 23.4 Å². The van der Waals surface area contributed by atoms with E-state index < -0.39 is 0 Å². The molecule has 0 unspecified atom stereocenters. The fourth-order valence-corrected chi connectivity index (χ4v) is 3.23. The molecule has 134 valence electrons. The van der Waals surface area contributed by atoms with E-state index in [0.29, 0.717) is 26.3 Å². The van der Waals surface area contributed by atoms with Crippen molar-refractivity contribution in [1.82, 2.24) is 5.32 Å². The summed E-state index contributed by atoms with van der Waals surface area (Å²) >= 11 is 7.07. The third-order valence-corrected chi connectivity index (χ3v) is 4.67. The summed E-state index contributed by atoms with van der Waals surface area (Å²) in [5, 5.41) is 13.8. The highest BCUT2D eigenvalue weighted by Crippen LogP contribution is 2.38. The Labute approximate surface area is 159 Å². The van der Waals surface area contributed by atoms with Gasteiger partial charge >= 0.3 is 0 Å². The number of aliphatic imine (C=N–C) groups is 1. The molecule has 1 saturated heterocycles. The smallest absolute Gasteiger partial charge is 0.264 e. The number of nitrogens with one attached hydrogen (secondary N) is 1. The molecule has 1 aliphatic rings. The fraction of sp³-hybridized carbons (Fsp3) is 0.111. The van der Waals surface area contributed by atoms with Crippen LogP contribution in [0.5, 0.6) is 17.2 Å². The number of rotatable bonds is 4. The van der Waals surface area contributed by atoms with E-state index in [9.17, 15) is 9.90 Å². The predicted octanol–water partition coefficient (Wildman–Crippen LogP) is 3.95. The van der Waals surface area contributed by atoms with Gasteiger partial charge in [0.05, 0.1) is 24.8 Å². The van der Waals surface area contributed by atoms with Gasteiger partial charge in [0.15, 0.2) is 16.7 Å². The molecule has 0 bridgehead atoms. The standard InChI is InChI=1S/C18H15ClN2O4S/c1-24-13-7-10(8-14(25-2)16(13)22)9-15-17(23)21-18(26-15)20-12-5-3-11(19)4-6-12/h3-9,22H,1-2H3,(H,20,21,23)/b15-9-. The number of hydrogen-bond acceptors (Lipinski definition) is 6. The summed E-state index contributed by atoms with van der Waals surface area (Å²) in [6.45, 7) is 0. The Kier molecular flexibility index (Phi) is 5.39. The van der Waals surface area contributed by atoms with Crippen LogP contribution in [0.3, 0.4) is 0 Å². The monoisotopic (exact) mass is 390 g/mol. The van der Waals surface area contributed by atoms with E-state index in [-0.39, 0.29) is 23.2 Å². The van der Waals surface area contributed by atoms with Crippen molar-refractivity contribution in [2.45, 2.75) is 0 Å². The van der Waals surface area contributed by atoms with Gasteiger partial charge in [0.1, 0.15) is 0 Å². The topological polar surface area (TPSA) is 80.2 Å². The van der Waals surface area contributed by atoms with Crippen molar-refractivity contribution >= 4 is 46.2 Å². The third kappa shape index (κ3) is 3.95. The first kappa shape index (κ1) is 18.2. The molecule has 0 spiro atoms. The van der Waals surface area contributed by atoms with Crippen molar-refractivity contribution in [3.8, 4) is 17.2 Å². The Morgan fingerprint density at radius 2 is 1.77 bits per heavy atom. The van der Waals surface area contributed by atoms with Crippen LogP contribution in [0.4, 0.5) is 5.69 Å². The Balaban J connectivity index is 1.88. The molecule has 26 heavy (non-hydrogen) atoms. The number of methoxy groups -OCH3 is 2. The second kappa shape index (κ2) is 7.72. The first-order valence-electron chi connectivity index (χ1n) is 7.50. The summed E-state index contributed by atoms with van der Waals surface area (Å²) in [6.07, 6.45) is 1.68. The fourth-order valence-electron chi connectivity index (χ4n) is 2.26. The molecule has 0 atom stereocenters. The molecule has 1 aliphatic heterocycles. The van der Waals surface area contributed by atoms with Gasteiger partial charge < -0.3 is 19.9 Å². The summed E-state index contributed by atoms with van der Waals surface area (Å²) in [6, 6.07) is 10.2. The number of halogens is 1. The lowest BCUT2D eigenvalue weighted by Crippen LogP contribution is -2.19. The Morgan fingerprint density at radius 1 is 1.15 bits per heavy atom. The van der Waals surface area contributed by atoms with Crippen LogP contribution in [0.15, 0.2) is 46.3 Å². The van der Waals surface area contributed by atoms with E-state index in [2.05, 4.69) is 10.3 Å². The number of phenols is 1. The first-order chi connectivity index (χ1) is 12.5. The maximum Gasteiger partial charge on any atom is 0.264 e. The second-order valence-electron chi connectivity index (χ2n) is 5.23. The molecule has 0 aliphatic carbocycles. The van der Waals surface area contributed by atoms with E-state index in [1.165, 1.54) is 26.0 Å². The van der Waals surface area contributed by atoms with Crippen LogP contribution in [0.25, 0.3) is 6.08 Å². The molecule has 2 aromatic carbocycles. The Morgan fingerprint density at radius 3 is 2.35 bits per heavy atom. The number of nitrogens with zero attached hydrogens (tertiary/aromatic N) is 1. The number of aromatic hydroxyl groups is 1. The molecule has 8 heteroatoms. The summed E-state index contributed by atoms with van der Waals surface area (Å²) in [5.74, 6) is 0.170. The predicted molar refractivity (Wildman–Crippen MR) is 103 cm³/mol. The van der Waals surface area contributed by atoms with Crippen LogP contribution in [0.2, 0.25) is 5.02 Å². The van der Waals surface area contributed by atoms with Gasteiger partial charge in [-0.2, -0.15) is 0 Å². The van der Waals surface area contributed by atoms with E-state index in [1.807, 2.05) is 0 Å². The SMILES string of the molecule is COc1cc(/C=C2\SC(=Nc3ccc(Cl)cc3)NC2=O)cc(OC)c1O. The van der Waals surface area contributed by atoms with Crippen molar-refractivity contribution in [2.75, 3.05) is 14.2 Å². The van der Waals surface area contributed by atoms with Crippen molar-refractivity contribution in [1.29, 1.82) is 0 Å². The normalized spacial score (nSPS) is 16.8. The molecule has 1 heterocycles. The van der Waals surface area contributed by atoms with Crippen LogP contribution in [-0.4, -0.2) is 30.4 Å². The average molecular weight is 391 g/mol. The van der Waals surface area contributed by atoms with Crippen molar-refractivity contribution < 1.29 is 19.4 Å². The van der Waals surface area contributed by atoms with Crippen molar-refractivity contribution in [3.05, 3.63) is 51.9 Å². The van der Waals surface area contributed by atoms with Crippen LogP contribution in [0, 0.1) is 0 Å². The molecule has 3 rings (SSSR count). The van der Waals surface area contributed by atoms with Gasteiger partial charge in [0, 0.05) is 5.02 Å².